The van der Waals surface area contributed by atoms with E-state index in [1.165, 1.54) is 249 Å². The lowest BCUT2D eigenvalue weighted by Crippen LogP contribution is -2.21. The van der Waals surface area contributed by atoms with Gasteiger partial charge in [0.1, 0.15) is 0 Å². The Morgan fingerprint density at radius 2 is 0.588 bits per heavy atom. The quantitative estimate of drug-likeness (QED) is 0.0450. The van der Waals surface area contributed by atoms with Gasteiger partial charge in [0.15, 0.2) is 0 Å². The van der Waals surface area contributed by atoms with Crippen LogP contribution in [0.4, 0.5) is 0 Å². The molecular formula is C50H99N. The van der Waals surface area contributed by atoms with Crippen LogP contribution in [0.3, 0.4) is 0 Å². The molecule has 0 bridgehead atoms. The molecule has 0 saturated heterocycles. The Hall–Kier alpha value is -0.560. The number of allylic oxidation sites excluding steroid dienone is 2. The van der Waals surface area contributed by atoms with Gasteiger partial charge >= 0.3 is 0 Å². The van der Waals surface area contributed by atoms with Crippen molar-refractivity contribution >= 4 is 0 Å². The minimum absolute atomic E-state index is 0.889. The lowest BCUT2D eigenvalue weighted by Gasteiger charge is -2.21. The van der Waals surface area contributed by atoms with E-state index in [-0.39, 0.29) is 0 Å². The molecule has 0 atom stereocenters. The predicted molar refractivity (Wildman–Crippen MR) is 236 cm³/mol. The SMILES string of the molecule is C=C(CCCCCCCC(CCCCCCCC(=C)CCCC(CCCCC)CCCCC)CN(C)C)CCCC(CCCCC)CCCCC. The van der Waals surface area contributed by atoms with Crippen molar-refractivity contribution in [2.75, 3.05) is 20.6 Å². The third-order valence-electron chi connectivity index (χ3n) is 12.1. The molecule has 304 valence electrons. The van der Waals surface area contributed by atoms with Crippen LogP contribution in [0.1, 0.15) is 259 Å². The first-order valence-electron chi connectivity index (χ1n) is 23.8. The van der Waals surface area contributed by atoms with Gasteiger partial charge in [-0.15, -0.1) is 0 Å². The number of rotatable bonds is 42. The number of unbranched alkanes of at least 4 members (excludes halogenated alkanes) is 16. The Morgan fingerprint density at radius 3 is 0.922 bits per heavy atom. The van der Waals surface area contributed by atoms with E-state index in [4.69, 9.17) is 0 Å². The molecule has 1 heteroatoms. The normalized spacial score (nSPS) is 12.0. The van der Waals surface area contributed by atoms with E-state index in [0.717, 1.165) is 17.8 Å². The molecule has 0 heterocycles. The first-order chi connectivity index (χ1) is 24.9. The topological polar surface area (TPSA) is 3.24 Å². The average Bonchev–Trinajstić information content (AvgIpc) is 3.10. The minimum Gasteiger partial charge on any atom is -0.309 e. The number of nitrogens with zero attached hydrogens (tertiary/aromatic N) is 1. The van der Waals surface area contributed by atoms with Crippen molar-refractivity contribution in [3.05, 3.63) is 24.3 Å². The van der Waals surface area contributed by atoms with E-state index in [9.17, 15) is 0 Å². The summed E-state index contributed by atoms with van der Waals surface area (Å²) in [7, 11) is 4.54. The van der Waals surface area contributed by atoms with Crippen LogP contribution < -0.4 is 0 Å². The highest BCUT2D eigenvalue weighted by Crippen LogP contribution is 2.27. The summed E-state index contributed by atoms with van der Waals surface area (Å²) < 4.78 is 0. The molecule has 0 fully saturated rings. The minimum atomic E-state index is 0.889. The highest BCUT2D eigenvalue weighted by atomic mass is 15.1. The summed E-state index contributed by atoms with van der Waals surface area (Å²) in [5.74, 6) is 2.83. The zero-order valence-electron chi connectivity index (χ0n) is 36.8. The van der Waals surface area contributed by atoms with Crippen molar-refractivity contribution in [1.82, 2.24) is 4.90 Å². The maximum Gasteiger partial charge on any atom is 0.000356 e. The highest BCUT2D eigenvalue weighted by Gasteiger charge is 2.12. The largest absolute Gasteiger partial charge is 0.309 e. The summed E-state index contributed by atoms with van der Waals surface area (Å²) in [6.45, 7) is 19.6. The molecule has 0 aromatic rings. The Morgan fingerprint density at radius 1 is 0.333 bits per heavy atom. The van der Waals surface area contributed by atoms with Crippen molar-refractivity contribution in [2.24, 2.45) is 17.8 Å². The van der Waals surface area contributed by atoms with Crippen LogP contribution in [0.25, 0.3) is 0 Å². The van der Waals surface area contributed by atoms with Gasteiger partial charge in [0.2, 0.25) is 0 Å². The lowest BCUT2D eigenvalue weighted by molar-refractivity contribution is 0.286. The van der Waals surface area contributed by atoms with E-state index in [2.05, 4.69) is 59.8 Å². The number of hydrogen-bond acceptors (Lipinski definition) is 1. The molecule has 0 spiro atoms. The predicted octanol–water partition coefficient (Wildman–Crippen LogP) is 17.6. The number of hydrogen-bond donors (Lipinski definition) is 0. The van der Waals surface area contributed by atoms with Crippen LogP contribution in [-0.4, -0.2) is 25.5 Å². The highest BCUT2D eigenvalue weighted by molar-refractivity contribution is 4.94. The monoisotopic (exact) mass is 714 g/mol. The zero-order valence-corrected chi connectivity index (χ0v) is 36.8. The van der Waals surface area contributed by atoms with Crippen molar-refractivity contribution in [2.45, 2.75) is 259 Å². The fourth-order valence-corrected chi connectivity index (χ4v) is 8.65. The molecule has 0 saturated carbocycles. The van der Waals surface area contributed by atoms with Crippen molar-refractivity contribution in [1.29, 1.82) is 0 Å². The van der Waals surface area contributed by atoms with Gasteiger partial charge in [-0.25, -0.2) is 0 Å². The molecule has 1 nitrogen and oxygen atoms in total. The maximum absolute atomic E-state index is 4.47. The van der Waals surface area contributed by atoms with Gasteiger partial charge in [0.25, 0.3) is 0 Å². The molecule has 0 amide bonds. The molecule has 0 unspecified atom stereocenters. The molecule has 0 aromatic heterocycles. The maximum atomic E-state index is 4.47. The van der Waals surface area contributed by atoms with E-state index in [1.807, 2.05) is 0 Å². The first-order valence-corrected chi connectivity index (χ1v) is 23.8. The molecule has 51 heavy (non-hydrogen) atoms. The van der Waals surface area contributed by atoms with Crippen molar-refractivity contribution in [3.8, 4) is 0 Å². The Balaban J connectivity index is 3.99. The summed E-state index contributed by atoms with van der Waals surface area (Å²) in [6.07, 6.45) is 50.4. The second-order valence-electron chi connectivity index (χ2n) is 17.7. The van der Waals surface area contributed by atoms with Gasteiger partial charge in [-0.1, -0.05) is 219 Å². The Labute approximate surface area is 325 Å². The van der Waals surface area contributed by atoms with Crippen molar-refractivity contribution in [3.63, 3.8) is 0 Å². The Bertz CT molecular complexity index is 645. The summed E-state index contributed by atoms with van der Waals surface area (Å²) in [4.78, 5) is 2.43. The lowest BCUT2D eigenvalue weighted by atomic mass is 9.89. The first kappa shape index (κ1) is 50.4. The molecule has 0 N–H and O–H groups in total. The molecule has 0 aliphatic rings. The summed E-state index contributed by atoms with van der Waals surface area (Å²) >= 11 is 0. The van der Waals surface area contributed by atoms with Crippen LogP contribution in [0.5, 0.6) is 0 Å². The zero-order chi connectivity index (χ0) is 37.6. The van der Waals surface area contributed by atoms with Gasteiger partial charge in [0.05, 0.1) is 0 Å². The standard InChI is InChI=1S/C50H99N/c1-9-13-23-37-48(38-24-14-10-2)43-31-35-46(5)33-27-19-17-21-29-41-50(45-51(7)8)42-30-22-18-20-28-34-47(6)36-32-44-49(39-25-15-11-3)40-26-16-12-4/h48-50H,5-6,9-45H2,1-4,7-8H3. The van der Waals surface area contributed by atoms with Crippen LogP contribution in [0.15, 0.2) is 24.3 Å². The average molecular weight is 714 g/mol. The van der Waals surface area contributed by atoms with E-state index in [1.54, 1.807) is 0 Å². The third-order valence-corrected chi connectivity index (χ3v) is 12.1. The van der Waals surface area contributed by atoms with Crippen LogP contribution >= 0.6 is 0 Å². The van der Waals surface area contributed by atoms with Crippen LogP contribution in [-0.2, 0) is 0 Å². The summed E-state index contributed by atoms with van der Waals surface area (Å²) in [5, 5.41) is 0. The van der Waals surface area contributed by atoms with Crippen LogP contribution in [0.2, 0.25) is 0 Å². The summed E-state index contributed by atoms with van der Waals surface area (Å²) in [5.41, 5.74) is 3.06. The molecule has 0 rings (SSSR count). The van der Waals surface area contributed by atoms with Crippen molar-refractivity contribution < 1.29 is 0 Å². The van der Waals surface area contributed by atoms with Gasteiger partial charge in [0, 0.05) is 6.54 Å². The molecular weight excluding hydrogens is 615 g/mol. The third kappa shape index (κ3) is 36.2. The van der Waals surface area contributed by atoms with Crippen LogP contribution in [0, 0.1) is 17.8 Å². The van der Waals surface area contributed by atoms with Gasteiger partial charge < -0.3 is 4.90 Å². The van der Waals surface area contributed by atoms with Gasteiger partial charge in [-0.2, -0.15) is 0 Å². The second-order valence-corrected chi connectivity index (χ2v) is 17.7. The Kier molecular flexibility index (Phi) is 38.7. The molecule has 0 aromatic carbocycles. The fourth-order valence-electron chi connectivity index (χ4n) is 8.65. The fraction of sp³-hybridized carbons (Fsp3) is 0.920. The smallest absolute Gasteiger partial charge is 0.000356 e. The van der Waals surface area contributed by atoms with Gasteiger partial charge in [-0.3, -0.25) is 0 Å². The van der Waals surface area contributed by atoms with E-state index < -0.39 is 0 Å². The van der Waals surface area contributed by atoms with E-state index in [0.29, 0.717) is 0 Å². The van der Waals surface area contributed by atoms with E-state index >= 15 is 0 Å². The molecule has 0 aliphatic heterocycles. The second kappa shape index (κ2) is 39.1. The molecule has 0 radical (unpaired) electrons. The molecule has 0 aliphatic carbocycles. The van der Waals surface area contributed by atoms with Gasteiger partial charge in [-0.05, 0) is 96.1 Å². The summed E-state index contributed by atoms with van der Waals surface area (Å²) in [6, 6.07) is 0.